The van der Waals surface area contributed by atoms with Gasteiger partial charge in [0.25, 0.3) is 5.91 Å². The molecule has 1 heterocycles. The summed E-state index contributed by atoms with van der Waals surface area (Å²) in [6.07, 6.45) is 1.51. The first kappa shape index (κ1) is 17.7. The maximum Gasteiger partial charge on any atom is 0.258 e. The van der Waals surface area contributed by atoms with E-state index in [-0.39, 0.29) is 18.6 Å². The van der Waals surface area contributed by atoms with Gasteiger partial charge in [0.2, 0.25) is 0 Å². The number of ether oxygens (including phenoxy) is 1. The summed E-state index contributed by atoms with van der Waals surface area (Å²) >= 11 is 0. The number of carbonyl (C=O) groups is 1. The average molecular weight is 373 g/mol. The maximum absolute atomic E-state index is 12.3. The van der Waals surface area contributed by atoms with Crippen LogP contribution in [0.4, 0.5) is 0 Å². The van der Waals surface area contributed by atoms with E-state index in [9.17, 15) is 4.79 Å². The van der Waals surface area contributed by atoms with E-state index in [0.29, 0.717) is 5.75 Å². The van der Waals surface area contributed by atoms with E-state index in [1.54, 1.807) is 16.8 Å². The van der Waals surface area contributed by atoms with Crippen LogP contribution >= 0.6 is 0 Å². The van der Waals surface area contributed by atoms with Gasteiger partial charge in [0.15, 0.2) is 6.61 Å². The number of hydrogen-bond acceptors (Lipinski definition) is 5. The van der Waals surface area contributed by atoms with Crippen molar-refractivity contribution in [3.05, 3.63) is 78.6 Å². The summed E-state index contributed by atoms with van der Waals surface area (Å²) in [5.41, 5.74) is 1.89. The highest BCUT2D eigenvalue weighted by Gasteiger charge is 2.12. The van der Waals surface area contributed by atoms with E-state index in [2.05, 4.69) is 39.0 Å². The summed E-state index contributed by atoms with van der Waals surface area (Å²) in [7, 11) is 0. The van der Waals surface area contributed by atoms with Gasteiger partial charge in [-0.15, -0.1) is 5.10 Å². The van der Waals surface area contributed by atoms with E-state index in [1.807, 2.05) is 43.3 Å². The molecule has 140 valence electrons. The molecule has 7 heteroatoms. The highest BCUT2D eigenvalue weighted by atomic mass is 16.5. The van der Waals surface area contributed by atoms with Crippen molar-refractivity contribution in [2.75, 3.05) is 6.61 Å². The predicted molar refractivity (Wildman–Crippen MR) is 105 cm³/mol. The fraction of sp³-hybridized carbons (Fsp3) is 0.143. The Kier molecular flexibility index (Phi) is 4.97. The van der Waals surface area contributed by atoms with E-state index in [4.69, 9.17) is 4.74 Å². The zero-order chi connectivity index (χ0) is 19.3. The lowest BCUT2D eigenvalue weighted by Gasteiger charge is -2.17. The first-order valence-corrected chi connectivity index (χ1v) is 8.94. The number of tetrazole rings is 1. The van der Waals surface area contributed by atoms with Gasteiger partial charge < -0.3 is 10.1 Å². The number of hydrogen-bond donors (Lipinski definition) is 1. The summed E-state index contributed by atoms with van der Waals surface area (Å²) in [5.74, 6) is 0.426. The van der Waals surface area contributed by atoms with Crippen LogP contribution in [0.1, 0.15) is 18.5 Å². The number of amides is 1. The van der Waals surface area contributed by atoms with Gasteiger partial charge in [-0.1, -0.05) is 42.5 Å². The monoisotopic (exact) mass is 373 g/mol. The van der Waals surface area contributed by atoms with Crippen LogP contribution in [0, 0.1) is 0 Å². The van der Waals surface area contributed by atoms with E-state index in [1.165, 1.54) is 6.33 Å². The molecule has 1 atom stereocenters. The fourth-order valence-corrected chi connectivity index (χ4v) is 3.11. The number of nitrogens with one attached hydrogen (secondary N) is 1. The SMILES string of the molecule is C[C@H](NC(=O)COc1ccc(-n2cnnn2)cc1)c1cccc2ccccc12. The van der Waals surface area contributed by atoms with Crippen LogP contribution < -0.4 is 10.1 Å². The zero-order valence-electron chi connectivity index (χ0n) is 15.3. The summed E-state index contributed by atoms with van der Waals surface area (Å²) in [6, 6.07) is 21.3. The molecule has 0 saturated heterocycles. The molecule has 0 fully saturated rings. The van der Waals surface area contributed by atoms with Crippen molar-refractivity contribution in [3.8, 4) is 11.4 Å². The molecular weight excluding hydrogens is 354 g/mol. The standard InChI is InChI=1S/C21H19N5O2/c1-15(19-8-4-6-16-5-2-3-7-20(16)19)23-21(27)13-28-18-11-9-17(10-12-18)26-14-22-24-25-26/h2-12,14-15H,13H2,1H3,(H,23,27)/t15-/m0/s1. The Hall–Kier alpha value is -3.74. The summed E-state index contributed by atoms with van der Waals surface area (Å²) in [6.45, 7) is 1.92. The lowest BCUT2D eigenvalue weighted by molar-refractivity contribution is -0.123. The Morgan fingerprint density at radius 2 is 1.86 bits per heavy atom. The Morgan fingerprint density at radius 3 is 2.64 bits per heavy atom. The summed E-state index contributed by atoms with van der Waals surface area (Å²) in [4.78, 5) is 12.3. The third kappa shape index (κ3) is 3.83. The van der Waals surface area contributed by atoms with Crippen LogP contribution in [-0.2, 0) is 4.79 Å². The highest BCUT2D eigenvalue weighted by Crippen LogP contribution is 2.24. The van der Waals surface area contributed by atoms with Crippen LogP contribution in [0.2, 0.25) is 0 Å². The Morgan fingerprint density at radius 1 is 1.07 bits per heavy atom. The first-order chi connectivity index (χ1) is 13.7. The van der Waals surface area contributed by atoms with Crippen molar-refractivity contribution in [3.63, 3.8) is 0 Å². The second-order valence-electron chi connectivity index (χ2n) is 6.39. The minimum absolute atomic E-state index is 0.0562. The average Bonchev–Trinajstić information content (AvgIpc) is 3.27. The largest absolute Gasteiger partial charge is 0.484 e. The van der Waals surface area contributed by atoms with Crippen molar-refractivity contribution in [1.29, 1.82) is 0 Å². The number of aromatic nitrogens is 4. The Balaban J connectivity index is 1.36. The summed E-state index contributed by atoms with van der Waals surface area (Å²) < 4.78 is 7.14. The molecule has 1 N–H and O–H groups in total. The molecule has 0 aliphatic rings. The molecule has 0 bridgehead atoms. The first-order valence-electron chi connectivity index (χ1n) is 8.94. The molecule has 0 saturated carbocycles. The van der Waals surface area contributed by atoms with Crippen molar-refractivity contribution >= 4 is 16.7 Å². The smallest absolute Gasteiger partial charge is 0.258 e. The van der Waals surface area contributed by atoms with E-state index < -0.39 is 0 Å². The van der Waals surface area contributed by atoms with Crippen molar-refractivity contribution in [1.82, 2.24) is 25.5 Å². The van der Waals surface area contributed by atoms with Crippen LogP contribution in [0.3, 0.4) is 0 Å². The number of rotatable bonds is 6. The minimum atomic E-state index is -0.176. The van der Waals surface area contributed by atoms with Gasteiger partial charge in [-0.3, -0.25) is 4.79 Å². The zero-order valence-corrected chi connectivity index (χ0v) is 15.3. The topological polar surface area (TPSA) is 81.9 Å². The molecule has 0 aliphatic heterocycles. The number of nitrogens with zero attached hydrogens (tertiary/aromatic N) is 4. The lowest BCUT2D eigenvalue weighted by atomic mass is 10.00. The number of carbonyl (C=O) groups excluding carboxylic acids is 1. The molecule has 0 aliphatic carbocycles. The number of fused-ring (bicyclic) bond motifs is 1. The predicted octanol–water partition coefficient (Wildman–Crippen LogP) is 3.07. The van der Waals surface area contributed by atoms with Crippen LogP contribution in [0.25, 0.3) is 16.5 Å². The molecule has 4 rings (SSSR count). The molecule has 0 unspecified atom stereocenters. The third-order valence-electron chi connectivity index (χ3n) is 4.49. The Bertz CT molecular complexity index is 1070. The van der Waals surface area contributed by atoms with E-state index in [0.717, 1.165) is 22.0 Å². The van der Waals surface area contributed by atoms with Gasteiger partial charge in [0, 0.05) is 0 Å². The molecule has 7 nitrogen and oxygen atoms in total. The summed E-state index contributed by atoms with van der Waals surface area (Å²) in [5, 5.41) is 16.3. The van der Waals surface area contributed by atoms with Crippen LogP contribution in [0.5, 0.6) is 5.75 Å². The third-order valence-corrected chi connectivity index (χ3v) is 4.49. The van der Waals surface area contributed by atoms with Gasteiger partial charge >= 0.3 is 0 Å². The molecule has 3 aromatic carbocycles. The molecule has 0 spiro atoms. The van der Waals surface area contributed by atoms with E-state index >= 15 is 0 Å². The molecule has 28 heavy (non-hydrogen) atoms. The van der Waals surface area contributed by atoms with Gasteiger partial charge in [-0.2, -0.15) is 0 Å². The Labute approximate surface area is 161 Å². The fourth-order valence-electron chi connectivity index (χ4n) is 3.11. The van der Waals surface area contributed by atoms with Crippen LogP contribution in [-0.4, -0.2) is 32.7 Å². The highest BCUT2D eigenvalue weighted by molar-refractivity contribution is 5.87. The lowest BCUT2D eigenvalue weighted by Crippen LogP contribution is -2.31. The second-order valence-corrected chi connectivity index (χ2v) is 6.39. The van der Waals surface area contributed by atoms with Gasteiger partial charge in [-0.25, -0.2) is 4.68 Å². The van der Waals surface area contributed by atoms with Gasteiger partial charge in [0.1, 0.15) is 12.1 Å². The van der Waals surface area contributed by atoms with Crippen molar-refractivity contribution in [2.24, 2.45) is 0 Å². The molecule has 0 radical (unpaired) electrons. The maximum atomic E-state index is 12.3. The van der Waals surface area contributed by atoms with Crippen LogP contribution in [0.15, 0.2) is 73.1 Å². The molecular formula is C21H19N5O2. The van der Waals surface area contributed by atoms with Gasteiger partial charge in [-0.05, 0) is 58.0 Å². The van der Waals surface area contributed by atoms with Gasteiger partial charge in [0.05, 0.1) is 11.7 Å². The van der Waals surface area contributed by atoms with Crippen molar-refractivity contribution in [2.45, 2.75) is 13.0 Å². The minimum Gasteiger partial charge on any atom is -0.484 e. The normalized spacial score (nSPS) is 11.9. The molecule has 4 aromatic rings. The quantitative estimate of drug-likeness (QED) is 0.562. The van der Waals surface area contributed by atoms with Crippen molar-refractivity contribution < 1.29 is 9.53 Å². The number of benzene rings is 3. The second kappa shape index (κ2) is 7.87. The molecule has 1 amide bonds. The molecule has 1 aromatic heterocycles.